The van der Waals surface area contributed by atoms with Crippen LogP contribution in [0.4, 0.5) is 0 Å². The Morgan fingerprint density at radius 2 is 1.53 bits per heavy atom. The zero-order valence-corrected chi connectivity index (χ0v) is 10.4. The van der Waals surface area contributed by atoms with E-state index < -0.39 is 0 Å². The van der Waals surface area contributed by atoms with Gasteiger partial charge >= 0.3 is 0 Å². The zero-order valence-electron chi connectivity index (χ0n) is 10.4. The predicted molar refractivity (Wildman–Crippen MR) is 64.9 cm³/mol. The van der Waals surface area contributed by atoms with Gasteiger partial charge in [0, 0.05) is 12.5 Å². The SMILES string of the molecule is CCCCCCCC(O)C(CO)CCC. The van der Waals surface area contributed by atoms with E-state index >= 15 is 0 Å². The maximum atomic E-state index is 9.84. The summed E-state index contributed by atoms with van der Waals surface area (Å²) in [6.07, 6.45) is 8.69. The van der Waals surface area contributed by atoms with Gasteiger partial charge in [-0.15, -0.1) is 0 Å². The van der Waals surface area contributed by atoms with Gasteiger partial charge in [-0.2, -0.15) is 0 Å². The van der Waals surface area contributed by atoms with Crippen molar-refractivity contribution in [3.05, 3.63) is 0 Å². The highest BCUT2D eigenvalue weighted by molar-refractivity contribution is 4.67. The molecule has 15 heavy (non-hydrogen) atoms. The summed E-state index contributed by atoms with van der Waals surface area (Å²) in [7, 11) is 0. The molecular weight excluding hydrogens is 188 g/mol. The Labute approximate surface area is 94.7 Å². The molecule has 0 spiro atoms. The summed E-state index contributed by atoms with van der Waals surface area (Å²) < 4.78 is 0. The summed E-state index contributed by atoms with van der Waals surface area (Å²) in [4.78, 5) is 0. The quantitative estimate of drug-likeness (QED) is 0.551. The average molecular weight is 216 g/mol. The lowest BCUT2D eigenvalue weighted by atomic mass is 9.94. The molecule has 0 aromatic heterocycles. The molecule has 2 N–H and O–H groups in total. The maximum Gasteiger partial charge on any atom is 0.0590 e. The van der Waals surface area contributed by atoms with E-state index in [2.05, 4.69) is 13.8 Å². The minimum atomic E-state index is -0.295. The number of rotatable bonds is 10. The Hall–Kier alpha value is -0.0800. The van der Waals surface area contributed by atoms with E-state index in [9.17, 15) is 5.11 Å². The maximum absolute atomic E-state index is 9.84. The number of aliphatic hydroxyl groups excluding tert-OH is 2. The summed E-state index contributed by atoms with van der Waals surface area (Å²) in [6.45, 7) is 4.43. The molecule has 0 aromatic carbocycles. The van der Waals surface area contributed by atoms with E-state index in [1.807, 2.05) is 0 Å². The Balaban J connectivity index is 3.48. The molecule has 0 aliphatic carbocycles. The Morgan fingerprint density at radius 3 is 2.07 bits per heavy atom. The van der Waals surface area contributed by atoms with Crippen LogP contribution in [0.1, 0.15) is 65.2 Å². The molecule has 2 nitrogen and oxygen atoms in total. The summed E-state index contributed by atoms with van der Waals surface area (Å²) in [5.41, 5.74) is 0. The molecule has 0 rings (SSSR count). The van der Waals surface area contributed by atoms with E-state index in [4.69, 9.17) is 5.11 Å². The Kier molecular flexibility index (Phi) is 10.4. The highest BCUT2D eigenvalue weighted by Crippen LogP contribution is 2.17. The number of hydrogen-bond acceptors (Lipinski definition) is 2. The third-order valence-corrected chi connectivity index (χ3v) is 3.04. The first-order valence-electron chi connectivity index (χ1n) is 6.55. The van der Waals surface area contributed by atoms with Crippen molar-refractivity contribution in [1.82, 2.24) is 0 Å². The fourth-order valence-electron chi connectivity index (χ4n) is 1.97. The molecule has 0 aliphatic heterocycles. The first-order chi connectivity index (χ1) is 7.26. The normalized spacial score (nSPS) is 15.2. The van der Waals surface area contributed by atoms with Gasteiger partial charge in [-0.25, -0.2) is 0 Å². The fraction of sp³-hybridized carbons (Fsp3) is 1.00. The van der Waals surface area contributed by atoms with Crippen molar-refractivity contribution in [2.24, 2.45) is 5.92 Å². The third-order valence-electron chi connectivity index (χ3n) is 3.04. The van der Waals surface area contributed by atoms with Gasteiger partial charge in [0.2, 0.25) is 0 Å². The summed E-state index contributed by atoms with van der Waals surface area (Å²) >= 11 is 0. The van der Waals surface area contributed by atoms with Crippen LogP contribution >= 0.6 is 0 Å². The van der Waals surface area contributed by atoms with E-state index in [0.717, 1.165) is 25.7 Å². The van der Waals surface area contributed by atoms with Gasteiger partial charge in [-0.1, -0.05) is 52.4 Å². The van der Waals surface area contributed by atoms with Gasteiger partial charge < -0.3 is 10.2 Å². The van der Waals surface area contributed by atoms with Crippen molar-refractivity contribution < 1.29 is 10.2 Å². The molecule has 0 heterocycles. The molecule has 92 valence electrons. The molecule has 0 amide bonds. The van der Waals surface area contributed by atoms with Crippen LogP contribution in [-0.2, 0) is 0 Å². The van der Waals surface area contributed by atoms with E-state index in [1.54, 1.807) is 0 Å². The van der Waals surface area contributed by atoms with Gasteiger partial charge in [0.05, 0.1) is 6.10 Å². The Morgan fingerprint density at radius 1 is 0.867 bits per heavy atom. The van der Waals surface area contributed by atoms with Crippen LogP contribution in [0.25, 0.3) is 0 Å². The molecule has 0 fully saturated rings. The van der Waals surface area contributed by atoms with Crippen molar-refractivity contribution >= 4 is 0 Å². The van der Waals surface area contributed by atoms with Crippen LogP contribution in [0, 0.1) is 5.92 Å². The minimum absolute atomic E-state index is 0.0983. The lowest BCUT2D eigenvalue weighted by Crippen LogP contribution is -2.23. The summed E-state index contributed by atoms with van der Waals surface area (Å²) in [5.74, 6) is 0.0983. The van der Waals surface area contributed by atoms with Crippen molar-refractivity contribution in [2.45, 2.75) is 71.3 Å². The molecule has 0 saturated carbocycles. The van der Waals surface area contributed by atoms with Crippen LogP contribution in [0.2, 0.25) is 0 Å². The van der Waals surface area contributed by atoms with Crippen LogP contribution in [-0.4, -0.2) is 22.9 Å². The molecule has 0 saturated heterocycles. The van der Waals surface area contributed by atoms with E-state index in [1.165, 1.54) is 25.7 Å². The molecule has 0 aliphatic rings. The highest BCUT2D eigenvalue weighted by Gasteiger charge is 2.16. The largest absolute Gasteiger partial charge is 0.396 e. The van der Waals surface area contributed by atoms with Crippen molar-refractivity contribution in [2.75, 3.05) is 6.61 Å². The molecule has 0 bridgehead atoms. The lowest BCUT2D eigenvalue weighted by Gasteiger charge is -2.20. The first kappa shape index (κ1) is 14.9. The van der Waals surface area contributed by atoms with E-state index in [0.29, 0.717) is 0 Å². The molecular formula is C13H28O2. The molecule has 2 atom stereocenters. The van der Waals surface area contributed by atoms with Crippen LogP contribution < -0.4 is 0 Å². The summed E-state index contributed by atoms with van der Waals surface area (Å²) in [5, 5.41) is 18.9. The van der Waals surface area contributed by atoms with Crippen LogP contribution in [0.3, 0.4) is 0 Å². The van der Waals surface area contributed by atoms with Crippen LogP contribution in [0.5, 0.6) is 0 Å². The molecule has 2 heteroatoms. The average Bonchev–Trinajstić information content (AvgIpc) is 2.25. The Bertz CT molecular complexity index is 126. The highest BCUT2D eigenvalue weighted by atomic mass is 16.3. The van der Waals surface area contributed by atoms with E-state index in [-0.39, 0.29) is 18.6 Å². The van der Waals surface area contributed by atoms with Gasteiger partial charge in [-0.05, 0) is 12.8 Å². The third kappa shape index (κ3) is 7.80. The number of hydrogen-bond donors (Lipinski definition) is 2. The number of unbranched alkanes of at least 4 members (excludes halogenated alkanes) is 4. The van der Waals surface area contributed by atoms with Gasteiger partial charge in [0.1, 0.15) is 0 Å². The van der Waals surface area contributed by atoms with Crippen LogP contribution in [0.15, 0.2) is 0 Å². The summed E-state index contributed by atoms with van der Waals surface area (Å²) in [6, 6.07) is 0. The topological polar surface area (TPSA) is 40.5 Å². The molecule has 0 radical (unpaired) electrons. The van der Waals surface area contributed by atoms with Gasteiger partial charge in [0.25, 0.3) is 0 Å². The van der Waals surface area contributed by atoms with Crippen molar-refractivity contribution in [1.29, 1.82) is 0 Å². The second-order valence-corrected chi connectivity index (χ2v) is 4.50. The zero-order chi connectivity index (χ0) is 11.5. The van der Waals surface area contributed by atoms with Gasteiger partial charge in [0.15, 0.2) is 0 Å². The monoisotopic (exact) mass is 216 g/mol. The standard InChI is InChI=1S/C13H28O2/c1-3-5-6-7-8-10-13(15)12(11-14)9-4-2/h12-15H,3-11H2,1-2H3. The predicted octanol–water partition coefficient (Wildman–Crippen LogP) is 3.12. The number of aliphatic hydroxyl groups is 2. The second-order valence-electron chi connectivity index (χ2n) is 4.50. The van der Waals surface area contributed by atoms with Crippen molar-refractivity contribution in [3.63, 3.8) is 0 Å². The minimum Gasteiger partial charge on any atom is -0.396 e. The second kappa shape index (κ2) is 10.4. The molecule has 0 aromatic rings. The lowest BCUT2D eigenvalue weighted by molar-refractivity contribution is 0.0539. The smallest absolute Gasteiger partial charge is 0.0590 e. The van der Waals surface area contributed by atoms with Crippen molar-refractivity contribution in [3.8, 4) is 0 Å². The molecule has 2 unspecified atom stereocenters. The first-order valence-corrected chi connectivity index (χ1v) is 6.55. The fourth-order valence-corrected chi connectivity index (χ4v) is 1.97. The van der Waals surface area contributed by atoms with Gasteiger partial charge in [-0.3, -0.25) is 0 Å².